The molecule has 65 valence electrons. The van der Waals surface area contributed by atoms with Gasteiger partial charge in [-0.1, -0.05) is 13.2 Å². The van der Waals surface area contributed by atoms with Crippen molar-refractivity contribution >= 4 is 12.1 Å². The molecule has 0 saturated heterocycles. The molecule has 0 aromatic carbocycles. The van der Waals surface area contributed by atoms with Crippen molar-refractivity contribution in [2.75, 3.05) is 0 Å². The van der Waals surface area contributed by atoms with Crippen molar-refractivity contribution in [1.29, 1.82) is 0 Å². The molecular weight excluding hydrogens is 164 g/mol. The first-order valence-electron chi connectivity index (χ1n) is 2.93. The molecule has 0 saturated carbocycles. The molecule has 0 aliphatic rings. The number of carbonyl (C=O) groups excluding carboxylic acids is 2. The Balaban J connectivity index is 3.99. The fourth-order valence-electron chi connectivity index (χ4n) is 0.378. The molecule has 12 heavy (non-hydrogen) atoms. The first kappa shape index (κ1) is 10.2. The summed E-state index contributed by atoms with van der Waals surface area (Å²) in [5, 5.41) is 9.84. The molecule has 0 amide bonds. The van der Waals surface area contributed by atoms with E-state index in [9.17, 15) is 14.7 Å². The second-order valence-electron chi connectivity index (χ2n) is 1.61. The van der Waals surface area contributed by atoms with Crippen LogP contribution in [0, 0.1) is 0 Å². The van der Waals surface area contributed by atoms with Crippen LogP contribution in [0.3, 0.4) is 0 Å². The maximum absolute atomic E-state index is 10.5. The maximum Gasteiger partial charge on any atom is 0.553 e. The summed E-state index contributed by atoms with van der Waals surface area (Å²) in [6, 6.07) is 0. The quantitative estimate of drug-likeness (QED) is 0.271. The molecule has 1 atom stereocenters. The molecule has 5 nitrogen and oxygen atoms in total. The van der Waals surface area contributed by atoms with Crippen molar-refractivity contribution < 1.29 is 24.2 Å². The minimum atomic E-state index is -1.79. The predicted octanol–water partition coefficient (Wildman–Crippen LogP) is 0.795. The summed E-state index contributed by atoms with van der Waals surface area (Å²) in [6.07, 6.45) is -1.27. The second-order valence-corrected chi connectivity index (χ2v) is 1.61. The van der Waals surface area contributed by atoms with E-state index in [-0.39, 0.29) is 0 Å². The molecule has 5 heteroatoms. The van der Waals surface area contributed by atoms with Crippen LogP contribution in [0.1, 0.15) is 0 Å². The minimum absolute atomic E-state index is 0.804. The van der Waals surface area contributed by atoms with Crippen molar-refractivity contribution in [3.63, 3.8) is 0 Å². The van der Waals surface area contributed by atoms with Gasteiger partial charge in [0.25, 0.3) is 6.29 Å². The van der Waals surface area contributed by atoms with Gasteiger partial charge >= 0.3 is 12.1 Å². The van der Waals surface area contributed by atoms with E-state index in [0.717, 1.165) is 12.2 Å². The Morgan fingerprint density at radius 2 is 1.83 bits per heavy atom. The number of hydrogen-bond acceptors (Lipinski definition) is 4. The fourth-order valence-corrected chi connectivity index (χ4v) is 0.378. The number of carbonyl (C=O) groups is 2. The van der Waals surface area contributed by atoms with Gasteiger partial charge in [0, 0.05) is 6.08 Å². The van der Waals surface area contributed by atoms with Crippen LogP contribution in [0.4, 0.5) is 4.79 Å². The molecule has 0 bridgehead atoms. The monoisotopic (exact) mass is 171 g/mol. The topological polar surface area (TPSA) is 72.5 Å². The Labute approximate surface area is 68.9 Å². The van der Waals surface area contributed by atoms with Gasteiger partial charge in [-0.15, -0.1) is 0 Å². The molecular formula is C7H7O5. The van der Waals surface area contributed by atoms with Crippen molar-refractivity contribution in [3.05, 3.63) is 25.3 Å². The van der Waals surface area contributed by atoms with Crippen LogP contribution in [0.25, 0.3) is 0 Å². The van der Waals surface area contributed by atoms with E-state index in [0.29, 0.717) is 0 Å². The standard InChI is InChI=1S/C7H7O5/c1-3-5(8)11-6(4-2)12-7(9)10/h3-4,6H,1-2H2. The van der Waals surface area contributed by atoms with E-state index in [4.69, 9.17) is 0 Å². The summed E-state index contributed by atoms with van der Waals surface area (Å²) >= 11 is 0. The van der Waals surface area contributed by atoms with Gasteiger partial charge in [-0.3, -0.25) is 0 Å². The fraction of sp³-hybridized carbons (Fsp3) is 0.143. The lowest BCUT2D eigenvalue weighted by molar-refractivity contribution is -0.157. The summed E-state index contributed by atoms with van der Waals surface area (Å²) in [5.41, 5.74) is 0. The number of hydrogen-bond donors (Lipinski definition) is 0. The van der Waals surface area contributed by atoms with Gasteiger partial charge in [0.1, 0.15) is 0 Å². The maximum atomic E-state index is 10.5. The highest BCUT2D eigenvalue weighted by atomic mass is 16.8. The molecule has 0 aromatic heterocycles. The Morgan fingerprint density at radius 3 is 2.17 bits per heavy atom. The van der Waals surface area contributed by atoms with Crippen LogP contribution < -0.4 is 0 Å². The van der Waals surface area contributed by atoms with E-state index in [1.165, 1.54) is 0 Å². The summed E-state index contributed by atoms with van der Waals surface area (Å²) < 4.78 is 8.31. The highest BCUT2D eigenvalue weighted by Gasteiger charge is 2.13. The van der Waals surface area contributed by atoms with Gasteiger partial charge in [0.15, 0.2) is 0 Å². The molecule has 1 unspecified atom stereocenters. The molecule has 0 aliphatic carbocycles. The van der Waals surface area contributed by atoms with Crippen molar-refractivity contribution in [2.24, 2.45) is 0 Å². The summed E-state index contributed by atoms with van der Waals surface area (Å²) in [4.78, 5) is 20.3. The average molecular weight is 171 g/mol. The van der Waals surface area contributed by atoms with E-state index < -0.39 is 18.4 Å². The largest absolute Gasteiger partial charge is 0.553 e. The van der Waals surface area contributed by atoms with Gasteiger partial charge in [0.2, 0.25) is 0 Å². The zero-order chi connectivity index (χ0) is 9.56. The summed E-state index contributed by atoms with van der Waals surface area (Å²) in [6.45, 7) is 6.27. The normalized spacial score (nSPS) is 11.0. The Bertz CT molecular complexity index is 208. The number of ether oxygens (including phenoxy) is 2. The zero-order valence-corrected chi connectivity index (χ0v) is 6.19. The first-order valence-corrected chi connectivity index (χ1v) is 2.93. The SMILES string of the molecule is C=CC(=O)OC(C=C)OC([O])=O. The molecule has 0 spiro atoms. The van der Waals surface area contributed by atoms with Gasteiger partial charge in [-0.05, 0) is 6.08 Å². The lowest BCUT2D eigenvalue weighted by Crippen LogP contribution is -2.19. The molecule has 0 heterocycles. The van der Waals surface area contributed by atoms with Gasteiger partial charge in [-0.2, -0.15) is 9.90 Å². The zero-order valence-electron chi connectivity index (χ0n) is 6.19. The van der Waals surface area contributed by atoms with Crippen LogP contribution in [0.2, 0.25) is 0 Å². The summed E-state index contributed by atoms with van der Waals surface area (Å²) in [7, 11) is 0. The predicted molar refractivity (Wildman–Crippen MR) is 37.4 cm³/mol. The van der Waals surface area contributed by atoms with Crippen LogP contribution >= 0.6 is 0 Å². The third-order valence-electron chi connectivity index (χ3n) is 0.804. The van der Waals surface area contributed by atoms with Crippen LogP contribution in [0.15, 0.2) is 25.3 Å². The Hall–Kier alpha value is -1.78. The molecule has 0 aromatic rings. The molecule has 1 radical (unpaired) electrons. The lowest BCUT2D eigenvalue weighted by Gasteiger charge is -2.09. The van der Waals surface area contributed by atoms with Crippen LogP contribution in [-0.4, -0.2) is 18.4 Å². The lowest BCUT2D eigenvalue weighted by atomic mass is 10.6. The average Bonchev–Trinajstić information content (AvgIpc) is 2.02. The van der Waals surface area contributed by atoms with E-state index in [2.05, 4.69) is 22.6 Å². The van der Waals surface area contributed by atoms with E-state index in [1.54, 1.807) is 0 Å². The Morgan fingerprint density at radius 1 is 1.25 bits per heavy atom. The molecule has 0 rings (SSSR count). The molecule has 0 fully saturated rings. The summed E-state index contributed by atoms with van der Waals surface area (Å²) in [5.74, 6) is -0.804. The third kappa shape index (κ3) is 4.10. The van der Waals surface area contributed by atoms with Crippen LogP contribution in [0.5, 0.6) is 0 Å². The van der Waals surface area contributed by atoms with Gasteiger partial charge in [-0.25, -0.2) is 4.79 Å². The minimum Gasteiger partial charge on any atom is -0.418 e. The van der Waals surface area contributed by atoms with E-state index >= 15 is 0 Å². The highest BCUT2D eigenvalue weighted by molar-refractivity contribution is 5.81. The van der Waals surface area contributed by atoms with Crippen molar-refractivity contribution in [2.45, 2.75) is 6.29 Å². The second kappa shape index (κ2) is 4.95. The van der Waals surface area contributed by atoms with E-state index in [1.807, 2.05) is 0 Å². The number of esters is 1. The first-order chi connectivity index (χ1) is 5.60. The smallest absolute Gasteiger partial charge is 0.418 e. The van der Waals surface area contributed by atoms with Crippen LogP contribution in [-0.2, 0) is 19.4 Å². The third-order valence-corrected chi connectivity index (χ3v) is 0.804. The highest BCUT2D eigenvalue weighted by Crippen LogP contribution is 1.97. The van der Waals surface area contributed by atoms with Crippen molar-refractivity contribution in [1.82, 2.24) is 0 Å². The Kier molecular flexibility index (Phi) is 4.21. The molecule has 0 N–H and O–H groups in total. The number of rotatable bonds is 4. The van der Waals surface area contributed by atoms with Gasteiger partial charge < -0.3 is 9.47 Å². The van der Waals surface area contributed by atoms with Crippen molar-refractivity contribution in [3.8, 4) is 0 Å². The van der Waals surface area contributed by atoms with Gasteiger partial charge in [0.05, 0.1) is 0 Å². The molecule has 0 aliphatic heterocycles.